The van der Waals surface area contributed by atoms with Crippen LogP contribution in [0.4, 0.5) is 0 Å². The Labute approximate surface area is 117 Å². The van der Waals surface area contributed by atoms with E-state index in [4.69, 9.17) is 0 Å². The highest BCUT2D eigenvalue weighted by Crippen LogP contribution is 2.14. The molecular weight excluding hydrogens is 292 g/mol. The van der Waals surface area contributed by atoms with E-state index in [0.717, 1.165) is 36.9 Å². The number of piperidine rings is 1. The van der Waals surface area contributed by atoms with Crippen molar-refractivity contribution < 1.29 is 4.79 Å². The minimum absolute atomic E-state index is 0.195. The first-order valence-corrected chi connectivity index (χ1v) is 7.18. The van der Waals surface area contributed by atoms with E-state index in [2.05, 4.69) is 39.4 Å². The maximum Gasteiger partial charge on any atom is 0.219 e. The molecule has 0 saturated carbocycles. The number of nitrogens with zero attached hydrogens (tertiary/aromatic N) is 1. The van der Waals surface area contributed by atoms with Crippen molar-refractivity contribution in [3.05, 3.63) is 34.3 Å². The van der Waals surface area contributed by atoms with Crippen LogP contribution in [0.25, 0.3) is 0 Å². The van der Waals surface area contributed by atoms with Crippen molar-refractivity contribution in [1.29, 1.82) is 0 Å². The van der Waals surface area contributed by atoms with E-state index in [1.807, 2.05) is 11.0 Å². The Kier molecular flexibility index (Phi) is 4.78. The van der Waals surface area contributed by atoms with Crippen LogP contribution in [0.2, 0.25) is 0 Å². The molecule has 1 saturated heterocycles. The Balaban J connectivity index is 1.77. The van der Waals surface area contributed by atoms with Crippen molar-refractivity contribution in [3.63, 3.8) is 0 Å². The average molecular weight is 311 g/mol. The molecule has 98 valence electrons. The van der Waals surface area contributed by atoms with Crippen LogP contribution in [0.1, 0.15) is 25.3 Å². The third-order valence-electron chi connectivity index (χ3n) is 3.42. The van der Waals surface area contributed by atoms with Gasteiger partial charge in [0.25, 0.3) is 0 Å². The quantitative estimate of drug-likeness (QED) is 0.930. The van der Waals surface area contributed by atoms with Gasteiger partial charge in [-0.3, -0.25) is 4.79 Å². The molecule has 1 fully saturated rings. The van der Waals surface area contributed by atoms with Gasteiger partial charge in [0.15, 0.2) is 0 Å². The van der Waals surface area contributed by atoms with E-state index in [-0.39, 0.29) is 5.91 Å². The van der Waals surface area contributed by atoms with Crippen molar-refractivity contribution in [2.75, 3.05) is 13.1 Å². The minimum Gasteiger partial charge on any atom is -0.343 e. The van der Waals surface area contributed by atoms with Crippen LogP contribution in [0, 0.1) is 0 Å². The molecule has 0 aromatic heterocycles. The van der Waals surface area contributed by atoms with Gasteiger partial charge in [-0.05, 0) is 30.5 Å². The number of hydrogen-bond donors (Lipinski definition) is 1. The van der Waals surface area contributed by atoms with E-state index in [1.165, 1.54) is 5.56 Å². The highest BCUT2D eigenvalue weighted by atomic mass is 79.9. The van der Waals surface area contributed by atoms with Gasteiger partial charge in [0.2, 0.25) is 5.91 Å². The van der Waals surface area contributed by atoms with Gasteiger partial charge in [0, 0.05) is 37.1 Å². The van der Waals surface area contributed by atoms with Gasteiger partial charge in [0.1, 0.15) is 0 Å². The lowest BCUT2D eigenvalue weighted by Gasteiger charge is -2.31. The summed E-state index contributed by atoms with van der Waals surface area (Å²) in [5, 5.41) is 3.57. The van der Waals surface area contributed by atoms with E-state index < -0.39 is 0 Å². The summed E-state index contributed by atoms with van der Waals surface area (Å²) in [5.74, 6) is 0.195. The average Bonchev–Trinajstić information content (AvgIpc) is 2.37. The van der Waals surface area contributed by atoms with Crippen LogP contribution >= 0.6 is 15.9 Å². The van der Waals surface area contributed by atoms with Gasteiger partial charge in [0.05, 0.1) is 0 Å². The molecule has 1 amide bonds. The summed E-state index contributed by atoms with van der Waals surface area (Å²) >= 11 is 3.48. The Morgan fingerprint density at radius 2 is 2.17 bits per heavy atom. The lowest BCUT2D eigenvalue weighted by atomic mass is 10.0. The third kappa shape index (κ3) is 3.82. The minimum atomic E-state index is 0.195. The zero-order valence-electron chi connectivity index (χ0n) is 10.7. The summed E-state index contributed by atoms with van der Waals surface area (Å²) in [6, 6.07) is 8.88. The number of halogens is 1. The van der Waals surface area contributed by atoms with Gasteiger partial charge in [-0.1, -0.05) is 28.1 Å². The predicted octanol–water partition coefficient (Wildman–Crippen LogP) is 2.55. The fourth-order valence-electron chi connectivity index (χ4n) is 2.31. The number of hydrogen-bond acceptors (Lipinski definition) is 2. The Bertz CT molecular complexity index is 414. The molecule has 0 aliphatic carbocycles. The van der Waals surface area contributed by atoms with E-state index in [9.17, 15) is 4.79 Å². The van der Waals surface area contributed by atoms with Crippen LogP contribution in [0.15, 0.2) is 28.7 Å². The first-order chi connectivity index (χ1) is 8.65. The second-order valence-corrected chi connectivity index (χ2v) is 5.71. The fourth-order valence-corrected chi connectivity index (χ4v) is 2.75. The first-order valence-electron chi connectivity index (χ1n) is 6.38. The van der Waals surface area contributed by atoms with Crippen LogP contribution in [-0.2, 0) is 11.3 Å². The summed E-state index contributed by atoms with van der Waals surface area (Å²) in [6.45, 7) is 4.30. The molecule has 1 N–H and O–H groups in total. The lowest BCUT2D eigenvalue weighted by molar-refractivity contribution is -0.129. The normalized spacial score (nSPS) is 16.9. The van der Waals surface area contributed by atoms with Gasteiger partial charge in [-0.15, -0.1) is 0 Å². The van der Waals surface area contributed by atoms with Gasteiger partial charge >= 0.3 is 0 Å². The zero-order valence-corrected chi connectivity index (χ0v) is 12.2. The standard InChI is InChI=1S/C14H19BrN2O/c1-11(18)17-7-5-14(6-8-17)16-10-12-3-2-4-13(15)9-12/h2-4,9,14,16H,5-8,10H2,1H3. The van der Waals surface area contributed by atoms with Gasteiger partial charge in [-0.2, -0.15) is 0 Å². The van der Waals surface area contributed by atoms with Crippen molar-refractivity contribution in [2.45, 2.75) is 32.4 Å². The topological polar surface area (TPSA) is 32.3 Å². The Morgan fingerprint density at radius 1 is 1.44 bits per heavy atom. The number of amides is 1. The maximum atomic E-state index is 11.2. The van der Waals surface area contributed by atoms with E-state index >= 15 is 0 Å². The molecular formula is C14H19BrN2O. The van der Waals surface area contributed by atoms with E-state index in [0.29, 0.717) is 6.04 Å². The summed E-state index contributed by atoms with van der Waals surface area (Å²) in [5.41, 5.74) is 1.29. The fraction of sp³-hybridized carbons (Fsp3) is 0.500. The number of nitrogens with one attached hydrogen (secondary N) is 1. The Morgan fingerprint density at radius 3 is 2.78 bits per heavy atom. The molecule has 1 aromatic rings. The molecule has 1 aliphatic rings. The van der Waals surface area contributed by atoms with Crippen LogP contribution in [-0.4, -0.2) is 29.9 Å². The van der Waals surface area contributed by atoms with Crippen molar-refractivity contribution in [1.82, 2.24) is 10.2 Å². The summed E-state index contributed by atoms with van der Waals surface area (Å²) in [7, 11) is 0. The molecule has 0 unspecified atom stereocenters. The second-order valence-electron chi connectivity index (χ2n) is 4.79. The van der Waals surface area contributed by atoms with Crippen molar-refractivity contribution in [2.24, 2.45) is 0 Å². The Hall–Kier alpha value is -0.870. The SMILES string of the molecule is CC(=O)N1CCC(NCc2cccc(Br)c2)CC1. The van der Waals surface area contributed by atoms with Crippen molar-refractivity contribution in [3.8, 4) is 0 Å². The van der Waals surface area contributed by atoms with Gasteiger partial charge < -0.3 is 10.2 Å². The third-order valence-corrected chi connectivity index (χ3v) is 3.92. The molecule has 0 radical (unpaired) electrons. The van der Waals surface area contributed by atoms with Crippen LogP contribution in [0.5, 0.6) is 0 Å². The molecule has 18 heavy (non-hydrogen) atoms. The number of rotatable bonds is 3. The lowest BCUT2D eigenvalue weighted by Crippen LogP contribution is -2.43. The van der Waals surface area contributed by atoms with Crippen LogP contribution in [0.3, 0.4) is 0 Å². The van der Waals surface area contributed by atoms with Crippen molar-refractivity contribution >= 4 is 21.8 Å². The molecule has 2 rings (SSSR count). The monoisotopic (exact) mass is 310 g/mol. The van der Waals surface area contributed by atoms with E-state index in [1.54, 1.807) is 6.92 Å². The largest absolute Gasteiger partial charge is 0.343 e. The number of carbonyl (C=O) groups excluding carboxylic acids is 1. The van der Waals surface area contributed by atoms with Crippen LogP contribution < -0.4 is 5.32 Å². The zero-order chi connectivity index (χ0) is 13.0. The highest BCUT2D eigenvalue weighted by molar-refractivity contribution is 9.10. The first kappa shape index (κ1) is 13.6. The van der Waals surface area contributed by atoms with Gasteiger partial charge in [-0.25, -0.2) is 0 Å². The number of benzene rings is 1. The smallest absolute Gasteiger partial charge is 0.219 e. The summed E-state index contributed by atoms with van der Waals surface area (Å²) < 4.78 is 1.12. The highest BCUT2D eigenvalue weighted by Gasteiger charge is 2.19. The molecule has 0 atom stereocenters. The molecule has 4 heteroatoms. The summed E-state index contributed by atoms with van der Waals surface area (Å²) in [4.78, 5) is 13.2. The maximum absolute atomic E-state index is 11.2. The molecule has 1 aromatic carbocycles. The molecule has 1 aliphatic heterocycles. The molecule has 0 bridgehead atoms. The molecule has 0 spiro atoms. The summed E-state index contributed by atoms with van der Waals surface area (Å²) in [6.07, 6.45) is 2.10. The molecule has 3 nitrogen and oxygen atoms in total. The predicted molar refractivity (Wildman–Crippen MR) is 76.3 cm³/mol. The number of likely N-dealkylation sites (tertiary alicyclic amines) is 1. The second kappa shape index (κ2) is 6.34. The number of carbonyl (C=O) groups is 1. The molecule has 1 heterocycles.